The van der Waals surface area contributed by atoms with E-state index in [2.05, 4.69) is 14.8 Å². The molecule has 0 saturated carbocycles. The highest BCUT2D eigenvalue weighted by Crippen LogP contribution is 2.15. The van der Waals surface area contributed by atoms with Gasteiger partial charge in [0.05, 0.1) is 0 Å². The first-order valence-corrected chi connectivity index (χ1v) is 3.05. The fraction of sp³-hybridized carbons (Fsp3) is 0. The van der Waals surface area contributed by atoms with E-state index in [1.807, 2.05) is 0 Å². The molecule has 5 heteroatoms. The van der Waals surface area contributed by atoms with Crippen molar-refractivity contribution in [2.24, 2.45) is 0 Å². The molecule has 0 atom stereocenters. The number of hydrogen-bond acceptors (Lipinski definition) is 2. The van der Waals surface area contributed by atoms with E-state index in [0.29, 0.717) is 0 Å². The number of aromatic nitrogens is 2. The van der Waals surface area contributed by atoms with Crippen LogP contribution in [0, 0.1) is 6.57 Å². The summed E-state index contributed by atoms with van der Waals surface area (Å²) in [7, 11) is 0. The smallest absolute Gasteiger partial charge is 0.318 e. The first-order chi connectivity index (χ1) is 4.72. The summed E-state index contributed by atoms with van der Waals surface area (Å²) >= 11 is 10.8. The molecule has 0 amide bonds. The minimum absolute atomic E-state index is 0.00139. The van der Waals surface area contributed by atoms with E-state index in [1.54, 1.807) is 0 Å². The molecule has 0 aliphatic rings. The van der Waals surface area contributed by atoms with Crippen molar-refractivity contribution in [1.82, 2.24) is 9.97 Å². The second-order valence-corrected chi connectivity index (χ2v) is 2.16. The highest BCUT2D eigenvalue weighted by Gasteiger charge is 2.01. The standard InChI is InChI=1S/C5HCl2N3/c1-8-4-2-3(6)9-5(7)10-4/h2H. The lowest BCUT2D eigenvalue weighted by atomic mass is 10.6. The Labute approximate surface area is 67.4 Å². The molecule has 0 fully saturated rings. The third kappa shape index (κ3) is 1.56. The molecule has 0 bridgehead atoms. The van der Waals surface area contributed by atoms with Gasteiger partial charge in [0.2, 0.25) is 0 Å². The lowest BCUT2D eigenvalue weighted by Gasteiger charge is -1.87. The molecule has 0 aliphatic heterocycles. The molecule has 0 N–H and O–H groups in total. The first-order valence-electron chi connectivity index (χ1n) is 2.30. The molecule has 0 saturated heterocycles. The lowest BCUT2D eigenvalue weighted by molar-refractivity contribution is 1.18. The van der Waals surface area contributed by atoms with Crippen molar-refractivity contribution in [2.45, 2.75) is 0 Å². The second kappa shape index (κ2) is 2.82. The van der Waals surface area contributed by atoms with Crippen LogP contribution in [0.5, 0.6) is 0 Å². The van der Waals surface area contributed by atoms with Gasteiger partial charge in [-0.15, -0.1) is 0 Å². The van der Waals surface area contributed by atoms with Gasteiger partial charge < -0.3 is 4.85 Å². The van der Waals surface area contributed by atoms with Crippen LogP contribution in [0.3, 0.4) is 0 Å². The summed E-state index contributed by atoms with van der Waals surface area (Å²) in [5.74, 6) is 0.157. The van der Waals surface area contributed by atoms with Gasteiger partial charge in [0, 0.05) is 6.07 Å². The summed E-state index contributed by atoms with van der Waals surface area (Å²) in [6.07, 6.45) is 0. The predicted molar refractivity (Wildman–Crippen MR) is 38.3 cm³/mol. The van der Waals surface area contributed by atoms with E-state index in [9.17, 15) is 0 Å². The van der Waals surface area contributed by atoms with Gasteiger partial charge in [-0.2, -0.15) is 4.98 Å². The van der Waals surface area contributed by atoms with Crippen molar-refractivity contribution in [3.05, 3.63) is 27.9 Å². The second-order valence-electron chi connectivity index (χ2n) is 1.43. The lowest BCUT2D eigenvalue weighted by Crippen LogP contribution is -1.80. The number of rotatable bonds is 0. The Kier molecular flexibility index (Phi) is 2.05. The van der Waals surface area contributed by atoms with Crippen LogP contribution in [0.25, 0.3) is 4.85 Å². The van der Waals surface area contributed by atoms with Crippen molar-refractivity contribution in [2.75, 3.05) is 0 Å². The van der Waals surface area contributed by atoms with Gasteiger partial charge in [-0.05, 0) is 11.6 Å². The summed E-state index contributed by atoms with van der Waals surface area (Å²) < 4.78 is 0. The molecular weight excluding hydrogens is 173 g/mol. The van der Waals surface area contributed by atoms with Gasteiger partial charge in [0.25, 0.3) is 5.82 Å². The third-order valence-electron chi connectivity index (χ3n) is 0.769. The third-order valence-corrected chi connectivity index (χ3v) is 1.13. The molecule has 0 aliphatic carbocycles. The number of nitrogens with zero attached hydrogens (tertiary/aromatic N) is 3. The largest absolute Gasteiger partial charge is 0.360 e. The van der Waals surface area contributed by atoms with E-state index in [0.717, 1.165) is 0 Å². The molecule has 10 heavy (non-hydrogen) atoms. The molecule has 0 spiro atoms. The Bertz CT molecular complexity index is 271. The molecule has 50 valence electrons. The van der Waals surface area contributed by atoms with Gasteiger partial charge >= 0.3 is 5.28 Å². The maximum Gasteiger partial charge on any atom is 0.318 e. The summed E-state index contributed by atoms with van der Waals surface area (Å²) in [6.45, 7) is 6.55. The molecule has 1 aromatic rings. The average molecular weight is 174 g/mol. The fourth-order valence-corrected chi connectivity index (χ4v) is 0.835. The molecule has 3 nitrogen and oxygen atoms in total. The van der Waals surface area contributed by atoms with Crippen molar-refractivity contribution in [3.63, 3.8) is 0 Å². The van der Waals surface area contributed by atoms with E-state index >= 15 is 0 Å². The van der Waals surface area contributed by atoms with Crippen LogP contribution in [-0.2, 0) is 0 Å². The minimum atomic E-state index is -0.00139. The maximum atomic E-state index is 6.55. The van der Waals surface area contributed by atoms with Crippen LogP contribution in [0.2, 0.25) is 10.4 Å². The Balaban J connectivity index is 3.22. The molecule has 1 aromatic heterocycles. The fourth-order valence-electron chi connectivity index (χ4n) is 0.436. The van der Waals surface area contributed by atoms with E-state index in [1.165, 1.54) is 6.07 Å². The van der Waals surface area contributed by atoms with E-state index in [-0.39, 0.29) is 16.3 Å². The van der Waals surface area contributed by atoms with Crippen molar-refractivity contribution in [1.29, 1.82) is 0 Å². The molecule has 1 heterocycles. The van der Waals surface area contributed by atoms with Crippen LogP contribution in [0.15, 0.2) is 6.07 Å². The molecule has 0 unspecified atom stereocenters. The van der Waals surface area contributed by atoms with Gasteiger partial charge in [-0.1, -0.05) is 23.2 Å². The van der Waals surface area contributed by atoms with E-state index < -0.39 is 0 Å². The SMILES string of the molecule is [C-]#[N+]c1cc(Cl)nc(Cl)n1. The zero-order valence-electron chi connectivity index (χ0n) is 4.67. The van der Waals surface area contributed by atoms with Crippen LogP contribution in [-0.4, -0.2) is 9.97 Å². The van der Waals surface area contributed by atoms with Crippen molar-refractivity contribution in [3.8, 4) is 0 Å². The Hall–Kier alpha value is -0.850. The van der Waals surface area contributed by atoms with Crippen LogP contribution < -0.4 is 0 Å². The number of halogens is 2. The van der Waals surface area contributed by atoms with Gasteiger partial charge in [0.15, 0.2) is 0 Å². The van der Waals surface area contributed by atoms with Gasteiger partial charge in [-0.3, -0.25) is 0 Å². The monoisotopic (exact) mass is 173 g/mol. The molecule has 0 aromatic carbocycles. The zero-order valence-corrected chi connectivity index (χ0v) is 6.19. The highest BCUT2D eigenvalue weighted by molar-refractivity contribution is 6.32. The average Bonchev–Trinajstić information content (AvgIpc) is 1.85. The van der Waals surface area contributed by atoms with Crippen molar-refractivity contribution < 1.29 is 0 Å². The van der Waals surface area contributed by atoms with Crippen LogP contribution >= 0.6 is 23.2 Å². The molecule has 0 radical (unpaired) electrons. The summed E-state index contributed by atoms with van der Waals surface area (Å²) in [4.78, 5) is 10.1. The Morgan fingerprint density at radius 1 is 1.40 bits per heavy atom. The minimum Gasteiger partial charge on any atom is -0.360 e. The van der Waals surface area contributed by atoms with Crippen molar-refractivity contribution >= 4 is 29.0 Å². The summed E-state index contributed by atoms with van der Waals surface area (Å²) in [6, 6.07) is 1.35. The predicted octanol–water partition coefficient (Wildman–Crippen LogP) is 2.33. The summed E-state index contributed by atoms with van der Waals surface area (Å²) in [5.41, 5.74) is 0. The first kappa shape index (κ1) is 7.26. The Morgan fingerprint density at radius 2 is 2.10 bits per heavy atom. The maximum absolute atomic E-state index is 6.55. The molecular formula is C5HCl2N3. The topological polar surface area (TPSA) is 30.1 Å². The van der Waals surface area contributed by atoms with Crippen LogP contribution in [0.4, 0.5) is 5.82 Å². The van der Waals surface area contributed by atoms with Gasteiger partial charge in [0.1, 0.15) is 5.15 Å². The van der Waals surface area contributed by atoms with Crippen LogP contribution in [0.1, 0.15) is 0 Å². The zero-order chi connectivity index (χ0) is 7.56. The quantitative estimate of drug-likeness (QED) is 0.343. The van der Waals surface area contributed by atoms with E-state index in [4.69, 9.17) is 29.8 Å². The number of hydrogen-bond donors (Lipinski definition) is 0. The normalized spacial score (nSPS) is 8.90. The summed E-state index contributed by atoms with van der Waals surface area (Å²) in [5, 5.41) is 0.185. The van der Waals surface area contributed by atoms with Gasteiger partial charge in [-0.25, -0.2) is 0 Å². The highest BCUT2D eigenvalue weighted by atomic mass is 35.5. The Morgan fingerprint density at radius 3 is 2.60 bits per heavy atom. The molecule has 1 rings (SSSR count).